The number of oxime groups is 1. The van der Waals surface area contributed by atoms with Gasteiger partial charge in [0.25, 0.3) is 0 Å². The first-order valence-corrected chi connectivity index (χ1v) is 6.83. The van der Waals surface area contributed by atoms with E-state index in [0.717, 1.165) is 26.5 Å². The average molecular weight is 309 g/mol. The molecule has 0 aliphatic carbocycles. The Kier molecular flexibility index (Phi) is 2.94. The Hall–Kier alpha value is -1.20. The lowest BCUT2D eigenvalue weighted by molar-refractivity contribution is 0.0882. The third-order valence-corrected chi connectivity index (χ3v) is 4.10. The normalized spacial score (nSPS) is 18.9. The molecule has 3 rings (SSSR count). The van der Waals surface area contributed by atoms with E-state index in [1.54, 1.807) is 11.3 Å². The van der Waals surface area contributed by atoms with Crippen LogP contribution in [-0.2, 0) is 4.84 Å². The summed E-state index contributed by atoms with van der Waals surface area (Å²) in [7, 11) is 0. The Morgan fingerprint density at radius 3 is 2.82 bits per heavy atom. The molecule has 0 radical (unpaired) electrons. The number of hydrogen-bond acceptors (Lipinski definition) is 4. The van der Waals surface area contributed by atoms with Crippen LogP contribution in [0.5, 0.6) is 0 Å². The van der Waals surface area contributed by atoms with Gasteiger partial charge in [0, 0.05) is 18.2 Å². The molecular formula is C12H9BrN2OS. The van der Waals surface area contributed by atoms with Gasteiger partial charge in [-0.15, -0.1) is 11.3 Å². The molecule has 0 unspecified atom stereocenters. The summed E-state index contributed by atoms with van der Waals surface area (Å²) in [5.41, 5.74) is 1.14. The highest BCUT2D eigenvalue weighted by Crippen LogP contribution is 2.35. The van der Waals surface area contributed by atoms with E-state index in [0.29, 0.717) is 0 Å². The summed E-state index contributed by atoms with van der Waals surface area (Å²) in [5, 5.41) is 4.91. The molecule has 1 atom stereocenters. The molecule has 1 aromatic heterocycles. The smallest absolute Gasteiger partial charge is 0.169 e. The monoisotopic (exact) mass is 308 g/mol. The molecule has 0 saturated heterocycles. The molecule has 0 bridgehead atoms. The zero-order chi connectivity index (χ0) is 11.7. The molecule has 0 spiro atoms. The Bertz CT molecular complexity index is 553. The van der Waals surface area contributed by atoms with Crippen molar-refractivity contribution in [3.8, 4) is 10.6 Å². The van der Waals surface area contributed by atoms with Gasteiger partial charge in [0.2, 0.25) is 0 Å². The number of nitrogens with zero attached hydrogens (tertiary/aromatic N) is 2. The van der Waals surface area contributed by atoms with Crippen LogP contribution in [0.1, 0.15) is 17.4 Å². The van der Waals surface area contributed by atoms with Gasteiger partial charge in [-0.05, 0) is 15.9 Å². The van der Waals surface area contributed by atoms with Crippen molar-refractivity contribution in [3.63, 3.8) is 0 Å². The molecule has 3 nitrogen and oxygen atoms in total. The Labute approximate surface area is 111 Å². The van der Waals surface area contributed by atoms with Crippen molar-refractivity contribution in [2.45, 2.75) is 12.5 Å². The van der Waals surface area contributed by atoms with Crippen LogP contribution < -0.4 is 0 Å². The average Bonchev–Trinajstić information content (AvgIpc) is 2.98. The third-order valence-electron chi connectivity index (χ3n) is 2.49. The number of halogens is 1. The van der Waals surface area contributed by atoms with E-state index in [4.69, 9.17) is 4.84 Å². The number of rotatable bonds is 2. The largest absolute Gasteiger partial charge is 0.386 e. The summed E-state index contributed by atoms with van der Waals surface area (Å²) in [6, 6.07) is 10.2. The molecule has 0 saturated carbocycles. The lowest BCUT2D eigenvalue weighted by atomic mass is 10.2. The van der Waals surface area contributed by atoms with Crippen LogP contribution in [0.15, 0.2) is 41.7 Å². The summed E-state index contributed by atoms with van der Waals surface area (Å²) in [6.45, 7) is 0. The van der Waals surface area contributed by atoms with Crippen molar-refractivity contribution in [1.82, 2.24) is 4.98 Å². The van der Waals surface area contributed by atoms with Gasteiger partial charge in [-0.3, -0.25) is 0 Å². The van der Waals surface area contributed by atoms with Crippen molar-refractivity contribution in [2.75, 3.05) is 0 Å². The van der Waals surface area contributed by atoms with Gasteiger partial charge in [-0.1, -0.05) is 35.5 Å². The molecule has 2 heterocycles. The summed E-state index contributed by atoms with van der Waals surface area (Å²) < 4.78 is 0.858. The number of thiazole rings is 1. The molecular weight excluding hydrogens is 300 g/mol. The first kappa shape index (κ1) is 10.9. The second-order valence-electron chi connectivity index (χ2n) is 3.70. The van der Waals surface area contributed by atoms with Crippen molar-refractivity contribution >= 4 is 31.9 Å². The van der Waals surface area contributed by atoms with E-state index in [2.05, 4.69) is 38.2 Å². The fourth-order valence-corrected chi connectivity index (χ4v) is 2.97. The minimum Gasteiger partial charge on any atom is -0.386 e. The van der Waals surface area contributed by atoms with Gasteiger partial charge in [0.15, 0.2) is 6.10 Å². The van der Waals surface area contributed by atoms with Crippen LogP contribution in [0.3, 0.4) is 0 Å². The summed E-state index contributed by atoms with van der Waals surface area (Å²) in [5.74, 6) is 0. The quantitative estimate of drug-likeness (QED) is 0.841. The van der Waals surface area contributed by atoms with Crippen LogP contribution >= 0.6 is 27.3 Å². The standard InChI is InChI=1S/C12H9BrN2OS/c13-11-6-9(16-15-11)10-7-14-12(17-10)8-4-2-1-3-5-8/h1-5,7,9H,6H2/t9-/m1/s1. The molecule has 0 N–H and O–H groups in total. The Morgan fingerprint density at radius 1 is 1.29 bits per heavy atom. The second kappa shape index (κ2) is 4.58. The van der Waals surface area contributed by atoms with E-state index in [1.807, 2.05) is 24.4 Å². The van der Waals surface area contributed by atoms with Crippen molar-refractivity contribution in [3.05, 3.63) is 41.4 Å². The molecule has 0 amide bonds. The van der Waals surface area contributed by atoms with Gasteiger partial charge in [-0.25, -0.2) is 4.98 Å². The van der Waals surface area contributed by atoms with Gasteiger partial charge < -0.3 is 4.84 Å². The Balaban J connectivity index is 1.84. The van der Waals surface area contributed by atoms with Crippen LogP contribution in [0, 0.1) is 0 Å². The van der Waals surface area contributed by atoms with Crippen LogP contribution in [0.2, 0.25) is 0 Å². The zero-order valence-electron chi connectivity index (χ0n) is 8.84. The van der Waals surface area contributed by atoms with E-state index < -0.39 is 0 Å². The predicted octanol–water partition coefficient (Wildman–Crippen LogP) is 3.98. The fraction of sp³-hybridized carbons (Fsp3) is 0.167. The van der Waals surface area contributed by atoms with E-state index in [1.165, 1.54) is 0 Å². The maximum atomic E-state index is 5.31. The van der Waals surface area contributed by atoms with Gasteiger partial charge in [0.05, 0.1) is 4.88 Å². The van der Waals surface area contributed by atoms with E-state index >= 15 is 0 Å². The van der Waals surface area contributed by atoms with Gasteiger partial charge >= 0.3 is 0 Å². The van der Waals surface area contributed by atoms with Crippen LogP contribution in [0.25, 0.3) is 10.6 Å². The highest BCUT2D eigenvalue weighted by Gasteiger charge is 2.23. The molecule has 86 valence electrons. The van der Waals surface area contributed by atoms with Crippen LogP contribution in [-0.4, -0.2) is 9.60 Å². The molecule has 0 fully saturated rings. The third kappa shape index (κ3) is 2.25. The molecule has 1 aliphatic heterocycles. The van der Waals surface area contributed by atoms with E-state index in [9.17, 15) is 0 Å². The molecule has 5 heteroatoms. The predicted molar refractivity (Wildman–Crippen MR) is 72.4 cm³/mol. The molecule has 1 aromatic carbocycles. The summed E-state index contributed by atoms with van der Waals surface area (Å²) >= 11 is 4.99. The first-order chi connectivity index (χ1) is 8.33. The number of aromatic nitrogens is 1. The number of benzene rings is 1. The zero-order valence-corrected chi connectivity index (χ0v) is 11.2. The summed E-state index contributed by atoms with van der Waals surface area (Å²) in [4.78, 5) is 10.9. The van der Waals surface area contributed by atoms with Gasteiger partial charge in [0.1, 0.15) is 9.63 Å². The van der Waals surface area contributed by atoms with Crippen molar-refractivity contribution in [2.24, 2.45) is 5.16 Å². The van der Waals surface area contributed by atoms with Crippen LogP contribution in [0.4, 0.5) is 0 Å². The van der Waals surface area contributed by atoms with E-state index in [-0.39, 0.29) is 6.10 Å². The first-order valence-electron chi connectivity index (χ1n) is 5.22. The lowest BCUT2D eigenvalue weighted by Gasteiger charge is -2.02. The Morgan fingerprint density at radius 2 is 2.12 bits per heavy atom. The highest BCUT2D eigenvalue weighted by atomic mass is 79.9. The lowest BCUT2D eigenvalue weighted by Crippen LogP contribution is -1.92. The minimum absolute atomic E-state index is 0.0133. The van der Waals surface area contributed by atoms with Crippen molar-refractivity contribution < 1.29 is 4.84 Å². The minimum atomic E-state index is 0.0133. The number of hydrogen-bond donors (Lipinski definition) is 0. The van der Waals surface area contributed by atoms with Crippen molar-refractivity contribution in [1.29, 1.82) is 0 Å². The summed E-state index contributed by atoms with van der Waals surface area (Å²) in [6.07, 6.45) is 2.68. The maximum Gasteiger partial charge on any atom is 0.169 e. The fourth-order valence-electron chi connectivity index (χ4n) is 1.65. The van der Waals surface area contributed by atoms with Gasteiger partial charge in [-0.2, -0.15) is 0 Å². The second-order valence-corrected chi connectivity index (χ2v) is 5.68. The maximum absolute atomic E-state index is 5.31. The molecule has 2 aromatic rings. The highest BCUT2D eigenvalue weighted by molar-refractivity contribution is 9.18. The topological polar surface area (TPSA) is 34.5 Å². The SMILES string of the molecule is BrC1=NO[C@@H](c2cnc(-c3ccccc3)s2)C1. The molecule has 17 heavy (non-hydrogen) atoms. The molecule has 1 aliphatic rings.